The first-order valence-corrected chi connectivity index (χ1v) is 8.46. The number of hydrazone groups is 1. The molecular weight excluding hydrogens is 345 g/mol. The second-order valence-electron chi connectivity index (χ2n) is 4.50. The van der Waals surface area contributed by atoms with E-state index in [1.807, 2.05) is 0 Å². The van der Waals surface area contributed by atoms with E-state index in [9.17, 15) is 8.42 Å². The molecule has 0 spiro atoms. The van der Waals surface area contributed by atoms with E-state index < -0.39 is 10.0 Å². The van der Waals surface area contributed by atoms with Crippen LogP contribution in [0, 0.1) is 0 Å². The summed E-state index contributed by atoms with van der Waals surface area (Å²) >= 11 is 12.0. The molecule has 22 heavy (non-hydrogen) atoms. The molecule has 2 rings (SSSR count). The van der Waals surface area contributed by atoms with E-state index in [0.29, 0.717) is 21.4 Å². The van der Waals surface area contributed by atoms with Crippen molar-refractivity contribution in [1.82, 2.24) is 0 Å². The van der Waals surface area contributed by atoms with E-state index in [-0.39, 0.29) is 4.90 Å². The van der Waals surface area contributed by atoms with E-state index in [0.717, 1.165) is 5.56 Å². The Bertz CT molecular complexity index is 818. The zero-order valence-corrected chi connectivity index (χ0v) is 13.9. The largest absolute Gasteiger partial charge is 0.278 e. The van der Waals surface area contributed by atoms with Crippen LogP contribution in [0.15, 0.2) is 52.5 Å². The summed E-state index contributed by atoms with van der Waals surface area (Å²) < 4.78 is 22.3. The molecule has 0 fully saturated rings. The van der Waals surface area contributed by atoms with Crippen molar-refractivity contribution in [3.05, 3.63) is 58.1 Å². The topological polar surface area (TPSA) is 84.5 Å². The van der Waals surface area contributed by atoms with Gasteiger partial charge in [0.25, 0.3) is 0 Å². The lowest BCUT2D eigenvalue weighted by Gasteiger charge is -2.06. The Balaban J connectivity index is 2.17. The average molecular weight is 358 g/mol. The second kappa shape index (κ2) is 6.66. The van der Waals surface area contributed by atoms with Crippen molar-refractivity contribution in [2.45, 2.75) is 11.8 Å². The van der Waals surface area contributed by atoms with Crippen molar-refractivity contribution in [3.8, 4) is 0 Å². The van der Waals surface area contributed by atoms with Gasteiger partial charge in [0, 0.05) is 10.6 Å². The molecule has 0 aliphatic heterocycles. The predicted octanol–water partition coefficient (Wildman–Crippen LogP) is 3.48. The number of nitrogens with zero attached hydrogens (tertiary/aromatic N) is 1. The lowest BCUT2D eigenvalue weighted by Crippen LogP contribution is -2.11. The van der Waals surface area contributed by atoms with Gasteiger partial charge in [0.05, 0.1) is 21.3 Å². The minimum atomic E-state index is -3.70. The van der Waals surface area contributed by atoms with Crippen LogP contribution >= 0.6 is 23.2 Å². The Morgan fingerprint density at radius 1 is 1.14 bits per heavy atom. The Labute approximate surface area is 138 Å². The molecule has 116 valence electrons. The second-order valence-corrected chi connectivity index (χ2v) is 6.91. The fourth-order valence-corrected chi connectivity index (χ4v) is 2.77. The third kappa shape index (κ3) is 4.20. The molecule has 0 saturated carbocycles. The van der Waals surface area contributed by atoms with Gasteiger partial charge < -0.3 is 0 Å². The van der Waals surface area contributed by atoms with Crippen LogP contribution in [0.4, 0.5) is 5.69 Å². The normalized spacial score (nSPS) is 12.3. The number of anilines is 1. The molecular formula is C14H13Cl2N3O2S. The maximum atomic E-state index is 11.2. The van der Waals surface area contributed by atoms with E-state index >= 15 is 0 Å². The highest BCUT2D eigenvalue weighted by molar-refractivity contribution is 7.89. The molecule has 0 aromatic heterocycles. The predicted molar refractivity (Wildman–Crippen MR) is 90.1 cm³/mol. The van der Waals surface area contributed by atoms with Crippen molar-refractivity contribution in [1.29, 1.82) is 0 Å². The van der Waals surface area contributed by atoms with Gasteiger partial charge in [-0.2, -0.15) is 5.10 Å². The van der Waals surface area contributed by atoms with Crippen molar-refractivity contribution in [2.75, 3.05) is 5.43 Å². The molecule has 0 saturated heterocycles. The standard InChI is InChI=1S/C14H13Cl2N3O2S/c1-9(13-7-2-10(15)8-14(13)16)18-19-11-3-5-12(6-4-11)22(17,20)21/h2-8,19H,1H3,(H2,17,20,21)/b18-9+. The molecule has 0 heterocycles. The summed E-state index contributed by atoms with van der Waals surface area (Å²) in [5, 5.41) is 10.3. The van der Waals surface area contributed by atoms with Gasteiger partial charge in [0.2, 0.25) is 10.0 Å². The molecule has 0 unspecified atom stereocenters. The highest BCUT2D eigenvalue weighted by Crippen LogP contribution is 2.22. The van der Waals surface area contributed by atoms with Crippen molar-refractivity contribution >= 4 is 44.6 Å². The fourth-order valence-electron chi connectivity index (χ4n) is 1.71. The van der Waals surface area contributed by atoms with E-state index in [1.165, 1.54) is 12.1 Å². The zero-order valence-electron chi connectivity index (χ0n) is 11.5. The van der Waals surface area contributed by atoms with E-state index in [2.05, 4.69) is 10.5 Å². The molecule has 0 atom stereocenters. The number of sulfonamides is 1. The summed E-state index contributed by atoms with van der Waals surface area (Å²) in [5.74, 6) is 0. The summed E-state index contributed by atoms with van der Waals surface area (Å²) in [7, 11) is -3.70. The first-order valence-electron chi connectivity index (χ1n) is 6.16. The van der Waals surface area contributed by atoms with Gasteiger partial charge in [0.1, 0.15) is 0 Å². The van der Waals surface area contributed by atoms with Crippen LogP contribution in [-0.2, 0) is 10.0 Å². The quantitative estimate of drug-likeness (QED) is 0.648. The zero-order chi connectivity index (χ0) is 16.3. The highest BCUT2D eigenvalue weighted by atomic mass is 35.5. The maximum absolute atomic E-state index is 11.2. The highest BCUT2D eigenvalue weighted by Gasteiger charge is 2.07. The lowest BCUT2D eigenvalue weighted by molar-refractivity contribution is 0.598. The van der Waals surface area contributed by atoms with Crippen LogP contribution in [0.2, 0.25) is 10.0 Å². The Morgan fingerprint density at radius 3 is 2.32 bits per heavy atom. The Morgan fingerprint density at radius 2 is 1.77 bits per heavy atom. The van der Waals surface area contributed by atoms with Gasteiger partial charge in [-0.3, -0.25) is 5.43 Å². The Hall–Kier alpha value is -1.60. The number of rotatable bonds is 4. The molecule has 3 N–H and O–H groups in total. The van der Waals surface area contributed by atoms with Gasteiger partial charge in [-0.25, -0.2) is 13.6 Å². The van der Waals surface area contributed by atoms with Gasteiger partial charge in [-0.05, 0) is 43.3 Å². The van der Waals surface area contributed by atoms with Gasteiger partial charge >= 0.3 is 0 Å². The molecule has 0 aliphatic rings. The molecule has 8 heteroatoms. The summed E-state index contributed by atoms with van der Waals surface area (Å²) in [6, 6.07) is 11.1. The number of hydrogen-bond donors (Lipinski definition) is 2. The summed E-state index contributed by atoms with van der Waals surface area (Å²) in [6.45, 7) is 1.79. The van der Waals surface area contributed by atoms with Crippen LogP contribution in [0.5, 0.6) is 0 Å². The van der Waals surface area contributed by atoms with E-state index in [1.54, 1.807) is 37.3 Å². The van der Waals surface area contributed by atoms with Crippen LogP contribution in [0.25, 0.3) is 0 Å². The molecule has 0 radical (unpaired) electrons. The monoisotopic (exact) mass is 357 g/mol. The van der Waals surface area contributed by atoms with Crippen LogP contribution in [0.1, 0.15) is 12.5 Å². The first-order chi connectivity index (χ1) is 10.3. The SMILES string of the molecule is C/C(=N\Nc1ccc(S(N)(=O)=O)cc1)c1ccc(Cl)cc1Cl. The number of hydrogen-bond acceptors (Lipinski definition) is 4. The number of halogens is 2. The van der Waals surface area contributed by atoms with Gasteiger partial charge in [-0.15, -0.1) is 0 Å². The number of benzene rings is 2. The van der Waals surface area contributed by atoms with Crippen LogP contribution in [0.3, 0.4) is 0 Å². The maximum Gasteiger partial charge on any atom is 0.238 e. The minimum absolute atomic E-state index is 0.0412. The number of primary sulfonamides is 1. The lowest BCUT2D eigenvalue weighted by atomic mass is 10.1. The van der Waals surface area contributed by atoms with Crippen molar-refractivity contribution in [2.24, 2.45) is 10.2 Å². The molecule has 2 aromatic carbocycles. The van der Waals surface area contributed by atoms with E-state index in [4.69, 9.17) is 28.3 Å². The molecule has 0 amide bonds. The third-order valence-corrected chi connectivity index (χ3v) is 4.33. The summed E-state index contributed by atoms with van der Waals surface area (Å²) in [6.07, 6.45) is 0. The molecule has 0 aliphatic carbocycles. The van der Waals surface area contributed by atoms with Gasteiger partial charge in [-0.1, -0.05) is 29.3 Å². The summed E-state index contributed by atoms with van der Waals surface area (Å²) in [4.78, 5) is 0.0412. The minimum Gasteiger partial charge on any atom is -0.278 e. The van der Waals surface area contributed by atoms with Crippen LogP contribution < -0.4 is 10.6 Å². The van der Waals surface area contributed by atoms with Gasteiger partial charge in [0.15, 0.2) is 0 Å². The van der Waals surface area contributed by atoms with Crippen LogP contribution in [-0.4, -0.2) is 14.1 Å². The third-order valence-electron chi connectivity index (χ3n) is 2.86. The molecule has 0 bridgehead atoms. The smallest absolute Gasteiger partial charge is 0.238 e. The first kappa shape index (κ1) is 16.8. The summed E-state index contributed by atoms with van der Waals surface area (Å²) in [5.41, 5.74) is 4.86. The molecule has 2 aromatic rings. The number of nitrogens with two attached hydrogens (primary N) is 1. The Kier molecular flexibility index (Phi) is 5.08. The van der Waals surface area contributed by atoms with Crippen molar-refractivity contribution in [3.63, 3.8) is 0 Å². The fraction of sp³-hybridized carbons (Fsp3) is 0.0714. The number of nitrogens with one attached hydrogen (secondary N) is 1. The average Bonchev–Trinajstić information content (AvgIpc) is 2.44. The molecule has 5 nitrogen and oxygen atoms in total. The van der Waals surface area contributed by atoms with Crippen molar-refractivity contribution < 1.29 is 8.42 Å².